The van der Waals surface area contributed by atoms with E-state index in [9.17, 15) is 19.2 Å². The van der Waals surface area contributed by atoms with Crippen molar-refractivity contribution in [3.8, 4) is 11.8 Å². The Labute approximate surface area is 181 Å². The number of hydrogen-bond acceptors (Lipinski definition) is 4. The van der Waals surface area contributed by atoms with Crippen LogP contribution in [0, 0.1) is 17.1 Å². The molecule has 1 fully saturated rings. The van der Waals surface area contributed by atoms with Gasteiger partial charge in [0, 0.05) is 24.9 Å². The summed E-state index contributed by atoms with van der Waals surface area (Å²) in [7, 11) is 3.13. The third-order valence-corrected chi connectivity index (χ3v) is 6.30. The topological polar surface area (TPSA) is 82.4 Å². The van der Waals surface area contributed by atoms with Crippen LogP contribution in [0.2, 0.25) is 0 Å². The van der Waals surface area contributed by atoms with E-state index in [0.29, 0.717) is 23.3 Å². The molecule has 2 amide bonds. The molecule has 2 aromatic rings. The summed E-state index contributed by atoms with van der Waals surface area (Å²) in [6, 6.07) is 12.4. The highest BCUT2D eigenvalue weighted by molar-refractivity contribution is 6.00. The van der Waals surface area contributed by atoms with Gasteiger partial charge in [0.25, 0.3) is 0 Å². The molecular formula is C24H26FN3O3. The first kappa shape index (κ1) is 22.3. The van der Waals surface area contributed by atoms with E-state index in [0.717, 1.165) is 5.56 Å². The molecule has 0 bridgehead atoms. The number of rotatable bonds is 6. The summed E-state index contributed by atoms with van der Waals surface area (Å²) in [6.45, 7) is 3.65. The predicted octanol–water partition coefficient (Wildman–Crippen LogP) is 3.16. The van der Waals surface area contributed by atoms with E-state index in [1.807, 2.05) is 6.92 Å². The number of ether oxygens (including phenoxy) is 1. The Kier molecular flexibility index (Phi) is 6.30. The van der Waals surface area contributed by atoms with Crippen molar-refractivity contribution in [2.45, 2.75) is 44.2 Å². The Morgan fingerprint density at radius 3 is 2.52 bits per heavy atom. The second kappa shape index (κ2) is 8.76. The molecule has 0 saturated carbocycles. The van der Waals surface area contributed by atoms with Crippen molar-refractivity contribution in [3.05, 3.63) is 65.0 Å². The first-order chi connectivity index (χ1) is 14.8. The number of carbonyl (C=O) groups is 2. The molecule has 0 radical (unpaired) electrons. The summed E-state index contributed by atoms with van der Waals surface area (Å²) in [5, 5.41) is 12.4. The molecule has 6 nitrogen and oxygen atoms in total. The number of nitrogens with zero attached hydrogens (tertiary/aromatic N) is 2. The second-order valence-corrected chi connectivity index (χ2v) is 7.86. The SMILES string of the molecule is CCC1(Cc2ccc(F)cc2)C(=O)NC(C(C)c2c(C#N)cccc2OC)C(=O)N1C. The van der Waals surface area contributed by atoms with E-state index in [1.54, 1.807) is 44.3 Å². The summed E-state index contributed by atoms with van der Waals surface area (Å²) in [4.78, 5) is 28.3. The van der Waals surface area contributed by atoms with Crippen LogP contribution >= 0.6 is 0 Å². The fourth-order valence-corrected chi connectivity index (χ4v) is 4.37. The van der Waals surface area contributed by atoms with Gasteiger partial charge in [0.05, 0.1) is 18.7 Å². The molecule has 162 valence electrons. The largest absolute Gasteiger partial charge is 0.496 e. The van der Waals surface area contributed by atoms with Gasteiger partial charge in [-0.2, -0.15) is 5.26 Å². The molecule has 7 heteroatoms. The average Bonchev–Trinajstić information content (AvgIpc) is 2.79. The van der Waals surface area contributed by atoms with Crippen molar-refractivity contribution in [1.29, 1.82) is 5.26 Å². The zero-order chi connectivity index (χ0) is 22.8. The van der Waals surface area contributed by atoms with Crippen molar-refractivity contribution in [2.75, 3.05) is 14.2 Å². The monoisotopic (exact) mass is 423 g/mol. The number of benzene rings is 2. The molecule has 1 aliphatic rings. The van der Waals surface area contributed by atoms with Gasteiger partial charge in [0.2, 0.25) is 11.8 Å². The highest BCUT2D eigenvalue weighted by Gasteiger charge is 2.51. The number of nitriles is 1. The Hall–Kier alpha value is -3.40. The van der Waals surface area contributed by atoms with Gasteiger partial charge < -0.3 is 15.0 Å². The van der Waals surface area contributed by atoms with Gasteiger partial charge in [0.1, 0.15) is 23.1 Å². The highest BCUT2D eigenvalue weighted by atomic mass is 19.1. The van der Waals surface area contributed by atoms with Gasteiger partial charge in [-0.25, -0.2) is 4.39 Å². The van der Waals surface area contributed by atoms with E-state index < -0.39 is 17.5 Å². The van der Waals surface area contributed by atoms with Gasteiger partial charge in [-0.05, 0) is 36.2 Å². The molecule has 1 aliphatic heterocycles. The maximum absolute atomic E-state index is 13.4. The minimum absolute atomic E-state index is 0.245. The van der Waals surface area contributed by atoms with E-state index in [4.69, 9.17) is 4.74 Å². The maximum Gasteiger partial charge on any atom is 0.246 e. The van der Waals surface area contributed by atoms with Crippen molar-refractivity contribution < 1.29 is 18.7 Å². The minimum atomic E-state index is -1.08. The summed E-state index contributed by atoms with van der Waals surface area (Å²) < 4.78 is 18.7. The smallest absolute Gasteiger partial charge is 0.246 e. The van der Waals surface area contributed by atoms with Crippen LogP contribution in [0.25, 0.3) is 0 Å². The van der Waals surface area contributed by atoms with Gasteiger partial charge in [0.15, 0.2) is 0 Å². The molecule has 3 unspecified atom stereocenters. The Morgan fingerprint density at radius 1 is 1.26 bits per heavy atom. The number of nitrogens with one attached hydrogen (secondary N) is 1. The highest BCUT2D eigenvalue weighted by Crippen LogP contribution is 2.36. The number of piperazine rings is 1. The van der Waals surface area contributed by atoms with Crippen LogP contribution < -0.4 is 10.1 Å². The van der Waals surface area contributed by atoms with Crippen molar-refractivity contribution in [1.82, 2.24) is 10.2 Å². The molecule has 31 heavy (non-hydrogen) atoms. The summed E-state index contributed by atoms with van der Waals surface area (Å²) in [6.07, 6.45) is 0.675. The molecule has 2 aromatic carbocycles. The molecular weight excluding hydrogens is 397 g/mol. The maximum atomic E-state index is 13.4. The standard InChI is InChI=1S/C24H26FN3O3/c1-5-24(13-16-9-11-18(25)12-10-16)23(30)27-21(22(29)28(24)3)15(2)20-17(14-26)7-6-8-19(20)31-4/h6-12,15,21H,5,13H2,1-4H3,(H,27,30). The van der Waals surface area contributed by atoms with Crippen LogP contribution in [0.15, 0.2) is 42.5 Å². The Balaban J connectivity index is 1.96. The fraction of sp³-hybridized carbons (Fsp3) is 0.375. The predicted molar refractivity (Wildman–Crippen MR) is 114 cm³/mol. The van der Waals surface area contributed by atoms with Gasteiger partial charge in [-0.1, -0.05) is 32.0 Å². The van der Waals surface area contributed by atoms with E-state index >= 15 is 0 Å². The van der Waals surface area contributed by atoms with Crippen LogP contribution in [0.3, 0.4) is 0 Å². The van der Waals surface area contributed by atoms with E-state index in [1.165, 1.54) is 24.1 Å². The van der Waals surface area contributed by atoms with Crippen LogP contribution in [0.4, 0.5) is 4.39 Å². The van der Waals surface area contributed by atoms with Crippen LogP contribution in [-0.2, 0) is 16.0 Å². The Bertz CT molecular complexity index is 1030. The van der Waals surface area contributed by atoms with Crippen LogP contribution in [-0.4, -0.2) is 42.5 Å². The van der Waals surface area contributed by atoms with Crippen LogP contribution in [0.5, 0.6) is 5.75 Å². The second-order valence-electron chi connectivity index (χ2n) is 7.86. The number of methoxy groups -OCH3 is 1. The average molecular weight is 423 g/mol. The number of likely N-dealkylation sites (N-methyl/N-ethyl adjacent to an activating group) is 1. The lowest BCUT2D eigenvalue weighted by molar-refractivity contribution is -0.156. The third-order valence-electron chi connectivity index (χ3n) is 6.30. The fourth-order valence-electron chi connectivity index (χ4n) is 4.37. The molecule has 3 atom stereocenters. The zero-order valence-electron chi connectivity index (χ0n) is 18.1. The van der Waals surface area contributed by atoms with Crippen molar-refractivity contribution >= 4 is 11.8 Å². The molecule has 1 heterocycles. The first-order valence-corrected chi connectivity index (χ1v) is 10.2. The minimum Gasteiger partial charge on any atom is -0.496 e. The molecule has 1 N–H and O–H groups in total. The quantitative estimate of drug-likeness (QED) is 0.774. The summed E-state index contributed by atoms with van der Waals surface area (Å²) >= 11 is 0. The number of hydrogen-bond donors (Lipinski definition) is 1. The lowest BCUT2D eigenvalue weighted by atomic mass is 9.80. The zero-order valence-corrected chi connectivity index (χ0v) is 18.1. The number of halogens is 1. The lowest BCUT2D eigenvalue weighted by Crippen LogP contribution is -2.71. The molecule has 0 spiro atoms. The molecule has 0 aromatic heterocycles. The molecule has 1 saturated heterocycles. The van der Waals surface area contributed by atoms with E-state index in [-0.39, 0.29) is 24.1 Å². The molecule has 0 aliphatic carbocycles. The summed E-state index contributed by atoms with van der Waals surface area (Å²) in [5.74, 6) is -0.858. The number of amides is 2. The van der Waals surface area contributed by atoms with Gasteiger partial charge >= 0.3 is 0 Å². The van der Waals surface area contributed by atoms with Gasteiger partial charge in [-0.3, -0.25) is 9.59 Å². The van der Waals surface area contributed by atoms with Gasteiger partial charge in [-0.15, -0.1) is 0 Å². The molecule has 3 rings (SSSR count). The van der Waals surface area contributed by atoms with E-state index in [2.05, 4.69) is 11.4 Å². The number of carbonyl (C=O) groups excluding carboxylic acids is 2. The Morgan fingerprint density at radius 2 is 1.94 bits per heavy atom. The normalized spacial score (nSPS) is 21.9. The van der Waals surface area contributed by atoms with Crippen LogP contribution in [0.1, 0.15) is 42.9 Å². The van der Waals surface area contributed by atoms with Crippen molar-refractivity contribution in [3.63, 3.8) is 0 Å². The lowest BCUT2D eigenvalue weighted by Gasteiger charge is -2.47. The van der Waals surface area contributed by atoms with Crippen molar-refractivity contribution in [2.24, 2.45) is 0 Å². The third kappa shape index (κ3) is 3.86. The summed E-state index contributed by atoms with van der Waals surface area (Å²) in [5.41, 5.74) is 0.669. The first-order valence-electron chi connectivity index (χ1n) is 10.2.